The van der Waals surface area contributed by atoms with Crippen LogP contribution in [0.2, 0.25) is 0 Å². The number of ether oxygens (including phenoxy) is 2. The van der Waals surface area contributed by atoms with Crippen molar-refractivity contribution in [3.05, 3.63) is 58.7 Å². The van der Waals surface area contributed by atoms with Crippen LogP contribution in [-0.4, -0.2) is 31.1 Å². The van der Waals surface area contributed by atoms with Crippen LogP contribution < -0.4 is 19.7 Å². The molecule has 0 bridgehead atoms. The highest BCUT2D eigenvalue weighted by Gasteiger charge is 2.37. The number of nitrogens with one attached hydrogen (secondary N) is 1. The average Bonchev–Trinajstić information content (AvgIpc) is 2.70. The molecular formula is C24H22N2O5. The smallest absolute Gasteiger partial charge is 0.335 e. The fourth-order valence-corrected chi connectivity index (χ4v) is 3.26. The number of carbonyl (C=O) groups is 3. The maximum Gasteiger partial charge on any atom is 0.335 e. The first-order valence-corrected chi connectivity index (χ1v) is 9.67. The molecule has 2 aromatic carbocycles. The van der Waals surface area contributed by atoms with E-state index in [1.165, 1.54) is 6.08 Å². The van der Waals surface area contributed by atoms with Crippen LogP contribution in [0.15, 0.2) is 42.0 Å². The zero-order valence-corrected chi connectivity index (χ0v) is 17.5. The fraction of sp³-hybridized carbons (Fsp3) is 0.208. The van der Waals surface area contributed by atoms with Crippen molar-refractivity contribution in [3.63, 3.8) is 0 Å². The number of imide groups is 2. The van der Waals surface area contributed by atoms with Gasteiger partial charge in [0.25, 0.3) is 11.8 Å². The van der Waals surface area contributed by atoms with Gasteiger partial charge in [0.15, 0.2) is 11.5 Å². The van der Waals surface area contributed by atoms with Gasteiger partial charge >= 0.3 is 6.03 Å². The van der Waals surface area contributed by atoms with E-state index in [0.717, 1.165) is 16.0 Å². The normalized spacial score (nSPS) is 15.0. The molecule has 1 N–H and O–H groups in total. The highest BCUT2D eigenvalue weighted by molar-refractivity contribution is 6.39. The number of rotatable bonds is 6. The number of amides is 4. The molecule has 31 heavy (non-hydrogen) atoms. The van der Waals surface area contributed by atoms with Gasteiger partial charge in [-0.3, -0.25) is 14.9 Å². The zero-order valence-electron chi connectivity index (χ0n) is 17.5. The van der Waals surface area contributed by atoms with E-state index in [-0.39, 0.29) is 12.2 Å². The minimum absolute atomic E-state index is 0.0778. The number of anilines is 1. The molecule has 1 saturated heterocycles. The molecule has 2 aromatic rings. The molecule has 0 aromatic heterocycles. The van der Waals surface area contributed by atoms with E-state index >= 15 is 0 Å². The summed E-state index contributed by atoms with van der Waals surface area (Å²) in [4.78, 5) is 38.9. The number of barbiturate groups is 1. The topological polar surface area (TPSA) is 84.9 Å². The van der Waals surface area contributed by atoms with Crippen molar-refractivity contribution < 1.29 is 23.9 Å². The Morgan fingerprint density at radius 2 is 1.74 bits per heavy atom. The van der Waals surface area contributed by atoms with Crippen LogP contribution >= 0.6 is 0 Å². The van der Waals surface area contributed by atoms with Gasteiger partial charge in [0, 0.05) is 0 Å². The minimum Gasteiger partial charge on any atom is -0.490 e. The van der Waals surface area contributed by atoms with Crippen molar-refractivity contribution in [1.82, 2.24) is 5.32 Å². The van der Waals surface area contributed by atoms with Crippen LogP contribution in [0.4, 0.5) is 10.5 Å². The van der Waals surface area contributed by atoms with Crippen LogP contribution in [0.3, 0.4) is 0 Å². The third-order valence-corrected chi connectivity index (χ3v) is 4.46. The first kappa shape index (κ1) is 21.7. The van der Waals surface area contributed by atoms with Gasteiger partial charge in [-0.05, 0) is 67.8 Å². The van der Waals surface area contributed by atoms with Gasteiger partial charge in [0.1, 0.15) is 12.2 Å². The molecule has 1 fully saturated rings. The Balaban J connectivity index is 1.99. The molecule has 0 aliphatic carbocycles. The third-order valence-electron chi connectivity index (χ3n) is 4.46. The SMILES string of the molecule is C#CCOc1ccc(C=C2C(=O)NC(=O)N(c3cc(C)cc(C)c3)C2=O)cc1OCC. The second kappa shape index (κ2) is 9.18. The summed E-state index contributed by atoms with van der Waals surface area (Å²) >= 11 is 0. The van der Waals surface area contributed by atoms with Crippen molar-refractivity contribution in [2.24, 2.45) is 0 Å². The van der Waals surface area contributed by atoms with E-state index in [9.17, 15) is 14.4 Å². The lowest BCUT2D eigenvalue weighted by Gasteiger charge is -2.27. The third kappa shape index (κ3) is 4.75. The number of nitrogens with zero attached hydrogens (tertiary/aromatic N) is 1. The van der Waals surface area contributed by atoms with Crippen molar-refractivity contribution >= 4 is 29.6 Å². The molecule has 0 radical (unpaired) electrons. The Labute approximate surface area is 180 Å². The average molecular weight is 418 g/mol. The standard InChI is InChI=1S/C24H22N2O5/c1-5-9-31-20-8-7-17(14-21(20)30-6-2)13-19-22(27)25-24(29)26(23(19)28)18-11-15(3)10-16(4)12-18/h1,7-8,10-14H,6,9H2,2-4H3,(H,25,27,29). The number of hydrogen-bond acceptors (Lipinski definition) is 5. The van der Waals surface area contributed by atoms with Gasteiger partial charge in [0.2, 0.25) is 0 Å². The van der Waals surface area contributed by atoms with Crippen LogP contribution in [0.5, 0.6) is 11.5 Å². The van der Waals surface area contributed by atoms with Gasteiger partial charge in [-0.2, -0.15) is 0 Å². The molecule has 3 rings (SSSR count). The Kier molecular flexibility index (Phi) is 6.41. The maximum absolute atomic E-state index is 13.1. The molecule has 1 heterocycles. The zero-order chi connectivity index (χ0) is 22.5. The van der Waals surface area contributed by atoms with Gasteiger partial charge in [-0.1, -0.05) is 18.1 Å². The summed E-state index contributed by atoms with van der Waals surface area (Å²) in [7, 11) is 0. The van der Waals surface area contributed by atoms with Crippen LogP contribution in [0.25, 0.3) is 6.08 Å². The largest absolute Gasteiger partial charge is 0.490 e. The first-order valence-electron chi connectivity index (χ1n) is 9.67. The highest BCUT2D eigenvalue weighted by atomic mass is 16.5. The monoisotopic (exact) mass is 418 g/mol. The lowest BCUT2D eigenvalue weighted by molar-refractivity contribution is -0.122. The molecule has 0 spiro atoms. The predicted octanol–water partition coefficient (Wildman–Crippen LogP) is 3.38. The van der Waals surface area contributed by atoms with Crippen molar-refractivity contribution in [1.29, 1.82) is 0 Å². The Hall–Kier alpha value is -4.05. The van der Waals surface area contributed by atoms with E-state index in [0.29, 0.717) is 29.4 Å². The molecule has 0 atom stereocenters. The van der Waals surface area contributed by atoms with Crippen LogP contribution in [0.1, 0.15) is 23.6 Å². The van der Waals surface area contributed by atoms with E-state index in [1.54, 1.807) is 30.3 Å². The van der Waals surface area contributed by atoms with Crippen LogP contribution in [0, 0.1) is 26.2 Å². The molecule has 7 nitrogen and oxygen atoms in total. The number of carbonyl (C=O) groups excluding carboxylic acids is 3. The molecule has 0 unspecified atom stereocenters. The molecule has 158 valence electrons. The maximum atomic E-state index is 13.1. The number of terminal acetylenes is 1. The fourth-order valence-electron chi connectivity index (χ4n) is 3.26. The van der Waals surface area contributed by atoms with Crippen molar-refractivity contribution in [2.45, 2.75) is 20.8 Å². The van der Waals surface area contributed by atoms with Gasteiger partial charge in [-0.15, -0.1) is 6.42 Å². The van der Waals surface area contributed by atoms with Crippen molar-refractivity contribution in [3.8, 4) is 23.8 Å². The lowest BCUT2D eigenvalue weighted by atomic mass is 10.0. The molecule has 1 aliphatic heterocycles. The summed E-state index contributed by atoms with van der Waals surface area (Å²) in [6, 6.07) is 9.51. The summed E-state index contributed by atoms with van der Waals surface area (Å²) in [5.74, 6) is 1.80. The van der Waals surface area contributed by atoms with E-state index < -0.39 is 17.8 Å². The highest BCUT2D eigenvalue weighted by Crippen LogP contribution is 2.30. The molecule has 4 amide bonds. The number of aryl methyl sites for hydroxylation is 2. The Morgan fingerprint density at radius 1 is 1.03 bits per heavy atom. The van der Waals surface area contributed by atoms with E-state index in [2.05, 4.69) is 11.2 Å². The predicted molar refractivity (Wildman–Crippen MR) is 117 cm³/mol. The van der Waals surface area contributed by atoms with E-state index in [1.807, 2.05) is 26.8 Å². The number of hydrogen-bond donors (Lipinski definition) is 1. The minimum atomic E-state index is -0.787. The summed E-state index contributed by atoms with van der Waals surface area (Å²) in [5.41, 5.74) is 2.54. The van der Waals surface area contributed by atoms with Gasteiger partial charge in [-0.25, -0.2) is 9.69 Å². The summed E-state index contributed by atoms with van der Waals surface area (Å²) in [6.45, 7) is 6.02. The quantitative estimate of drug-likeness (QED) is 0.442. The summed E-state index contributed by atoms with van der Waals surface area (Å²) in [5, 5.41) is 2.23. The molecule has 1 aliphatic rings. The molecular weight excluding hydrogens is 396 g/mol. The molecule has 0 saturated carbocycles. The first-order chi connectivity index (χ1) is 14.8. The second-order valence-electron chi connectivity index (χ2n) is 6.94. The number of urea groups is 1. The lowest BCUT2D eigenvalue weighted by Crippen LogP contribution is -2.54. The Bertz CT molecular complexity index is 1110. The van der Waals surface area contributed by atoms with Gasteiger partial charge in [0.05, 0.1) is 12.3 Å². The van der Waals surface area contributed by atoms with Crippen LogP contribution in [-0.2, 0) is 9.59 Å². The second-order valence-corrected chi connectivity index (χ2v) is 6.94. The van der Waals surface area contributed by atoms with E-state index in [4.69, 9.17) is 15.9 Å². The van der Waals surface area contributed by atoms with Gasteiger partial charge < -0.3 is 9.47 Å². The summed E-state index contributed by atoms with van der Waals surface area (Å²) < 4.78 is 11.0. The summed E-state index contributed by atoms with van der Waals surface area (Å²) in [6.07, 6.45) is 6.65. The Morgan fingerprint density at radius 3 is 2.39 bits per heavy atom. The van der Waals surface area contributed by atoms with Crippen molar-refractivity contribution in [2.75, 3.05) is 18.1 Å². The number of benzene rings is 2. The molecule has 7 heteroatoms.